The molecular formula is C15H23N3O2. The second-order valence-electron chi connectivity index (χ2n) is 6.10. The third-order valence-electron chi connectivity index (χ3n) is 4.74. The second-order valence-corrected chi connectivity index (χ2v) is 6.10. The molecule has 0 aliphatic carbocycles. The zero-order chi connectivity index (χ0) is 14.4. The van der Waals surface area contributed by atoms with Crippen LogP contribution in [0.3, 0.4) is 0 Å². The number of esters is 1. The number of hydrogen-bond donors (Lipinski definition) is 0. The first-order valence-corrected chi connectivity index (χ1v) is 7.45. The fourth-order valence-electron chi connectivity index (χ4n) is 3.75. The van der Waals surface area contributed by atoms with E-state index in [1.54, 1.807) is 0 Å². The van der Waals surface area contributed by atoms with Crippen molar-refractivity contribution in [1.29, 1.82) is 0 Å². The number of nitrogens with zero attached hydrogens (tertiary/aromatic N) is 3. The molecule has 3 atom stereocenters. The van der Waals surface area contributed by atoms with Gasteiger partial charge in [-0.25, -0.2) is 0 Å². The van der Waals surface area contributed by atoms with Gasteiger partial charge >= 0.3 is 5.97 Å². The number of rotatable bonds is 2. The molecule has 0 N–H and O–H groups in total. The molecule has 0 amide bonds. The van der Waals surface area contributed by atoms with Gasteiger partial charge in [0, 0.05) is 30.8 Å². The van der Waals surface area contributed by atoms with Crippen LogP contribution in [0.1, 0.15) is 49.2 Å². The van der Waals surface area contributed by atoms with Crippen LogP contribution in [0.5, 0.6) is 0 Å². The Labute approximate surface area is 119 Å². The van der Waals surface area contributed by atoms with E-state index in [1.807, 2.05) is 18.7 Å². The predicted octanol–water partition coefficient (Wildman–Crippen LogP) is 1.88. The van der Waals surface area contributed by atoms with Gasteiger partial charge in [-0.2, -0.15) is 5.10 Å². The van der Waals surface area contributed by atoms with Gasteiger partial charge in [0.2, 0.25) is 0 Å². The van der Waals surface area contributed by atoms with E-state index in [2.05, 4.69) is 23.8 Å². The highest BCUT2D eigenvalue weighted by Gasteiger charge is 2.42. The predicted molar refractivity (Wildman–Crippen MR) is 75.3 cm³/mol. The topological polar surface area (TPSA) is 47.4 Å². The van der Waals surface area contributed by atoms with Gasteiger partial charge in [-0.05, 0) is 40.2 Å². The fraction of sp³-hybridized carbons (Fsp3) is 0.733. The van der Waals surface area contributed by atoms with Crippen LogP contribution in [0, 0.1) is 13.8 Å². The zero-order valence-electron chi connectivity index (χ0n) is 12.7. The number of ether oxygens (including phenoxy) is 1. The molecule has 1 aromatic rings. The first-order chi connectivity index (χ1) is 9.49. The molecule has 2 fully saturated rings. The van der Waals surface area contributed by atoms with Gasteiger partial charge in [0.1, 0.15) is 12.1 Å². The van der Waals surface area contributed by atoms with Crippen LogP contribution in [0.2, 0.25) is 0 Å². The van der Waals surface area contributed by atoms with Gasteiger partial charge < -0.3 is 4.74 Å². The van der Waals surface area contributed by atoms with E-state index in [-0.39, 0.29) is 18.1 Å². The Kier molecular flexibility index (Phi) is 3.32. The number of aryl methyl sites for hydroxylation is 2. The van der Waals surface area contributed by atoms with Crippen LogP contribution in [-0.2, 0) is 16.6 Å². The summed E-state index contributed by atoms with van der Waals surface area (Å²) >= 11 is 0. The van der Waals surface area contributed by atoms with E-state index < -0.39 is 0 Å². The molecule has 5 nitrogen and oxygen atoms in total. The molecule has 1 aromatic heterocycles. The van der Waals surface area contributed by atoms with Gasteiger partial charge in [0.15, 0.2) is 0 Å². The minimum Gasteiger partial charge on any atom is -0.461 e. The number of carbonyl (C=O) groups is 1. The number of carbonyl (C=O) groups excluding carboxylic acids is 1. The van der Waals surface area contributed by atoms with E-state index in [9.17, 15) is 4.79 Å². The molecule has 5 heteroatoms. The van der Waals surface area contributed by atoms with Crippen molar-refractivity contribution in [1.82, 2.24) is 14.7 Å². The highest BCUT2D eigenvalue weighted by atomic mass is 16.6. The molecule has 3 rings (SSSR count). The highest BCUT2D eigenvalue weighted by molar-refractivity contribution is 5.78. The molecule has 0 spiro atoms. The first-order valence-electron chi connectivity index (χ1n) is 7.45. The van der Waals surface area contributed by atoms with E-state index in [1.165, 1.54) is 11.3 Å². The van der Waals surface area contributed by atoms with Crippen LogP contribution < -0.4 is 0 Å². The number of aromatic nitrogens is 2. The highest BCUT2D eigenvalue weighted by Crippen LogP contribution is 2.39. The Hall–Kier alpha value is -1.36. The minimum atomic E-state index is -0.0727. The molecule has 2 saturated heterocycles. The van der Waals surface area contributed by atoms with Crippen molar-refractivity contribution in [2.24, 2.45) is 7.05 Å². The van der Waals surface area contributed by atoms with Crippen molar-refractivity contribution in [3.05, 3.63) is 17.0 Å². The van der Waals surface area contributed by atoms with Crippen molar-refractivity contribution in [3.8, 4) is 0 Å². The summed E-state index contributed by atoms with van der Waals surface area (Å²) in [6.07, 6.45) is 3.10. The molecule has 0 unspecified atom stereocenters. The first kappa shape index (κ1) is 13.6. The smallest absolute Gasteiger partial charge is 0.323 e. The lowest BCUT2D eigenvalue weighted by Gasteiger charge is -2.28. The molecule has 20 heavy (non-hydrogen) atoms. The molecule has 3 heterocycles. The summed E-state index contributed by atoms with van der Waals surface area (Å²) in [5, 5.41) is 4.52. The molecular weight excluding hydrogens is 254 g/mol. The number of hydrogen-bond acceptors (Lipinski definition) is 4. The Morgan fingerprint density at radius 1 is 1.30 bits per heavy atom. The molecule has 0 aromatic carbocycles. The van der Waals surface area contributed by atoms with E-state index in [4.69, 9.17) is 4.74 Å². The van der Waals surface area contributed by atoms with Crippen molar-refractivity contribution < 1.29 is 9.53 Å². The Morgan fingerprint density at radius 2 is 2.05 bits per heavy atom. The van der Waals surface area contributed by atoms with Crippen molar-refractivity contribution >= 4 is 5.97 Å². The summed E-state index contributed by atoms with van der Waals surface area (Å²) in [6, 6.07) is 0.239. The minimum absolute atomic E-state index is 0.0462. The monoisotopic (exact) mass is 277 g/mol. The summed E-state index contributed by atoms with van der Waals surface area (Å²) < 4.78 is 7.28. The number of likely N-dealkylation sites (tertiary alicyclic amines) is 1. The average molecular weight is 277 g/mol. The average Bonchev–Trinajstić information content (AvgIpc) is 3.01. The summed E-state index contributed by atoms with van der Waals surface area (Å²) in [5.74, 6) is -0.0522. The molecule has 110 valence electrons. The zero-order valence-corrected chi connectivity index (χ0v) is 12.7. The van der Waals surface area contributed by atoms with Gasteiger partial charge in [0.05, 0.1) is 5.69 Å². The van der Waals surface area contributed by atoms with Crippen molar-refractivity contribution in [2.45, 2.75) is 58.2 Å². The van der Waals surface area contributed by atoms with E-state index >= 15 is 0 Å². The van der Waals surface area contributed by atoms with Crippen LogP contribution in [-0.4, -0.2) is 39.3 Å². The number of cyclic esters (lactones) is 1. The van der Waals surface area contributed by atoms with E-state index in [0.717, 1.165) is 31.5 Å². The largest absolute Gasteiger partial charge is 0.461 e. The lowest BCUT2D eigenvalue weighted by molar-refractivity contribution is -0.145. The normalized spacial score (nSPS) is 31.0. The maximum Gasteiger partial charge on any atom is 0.323 e. The van der Waals surface area contributed by atoms with Gasteiger partial charge in [-0.3, -0.25) is 14.4 Å². The standard InChI is InChI=1S/C15H23N3O2/c1-9-8-13(15(19)20-9)18-7-5-6-12(18)14-10(2)16-17(4)11(14)3/h9,12-13H,5-8H2,1-4H3/t9-,12-,13-/m0/s1. The maximum atomic E-state index is 12.0. The van der Waals surface area contributed by atoms with Gasteiger partial charge in [0.25, 0.3) is 0 Å². The molecule has 2 aliphatic rings. The van der Waals surface area contributed by atoms with Gasteiger partial charge in [-0.1, -0.05) is 0 Å². The third-order valence-corrected chi connectivity index (χ3v) is 4.74. The van der Waals surface area contributed by atoms with Crippen LogP contribution in [0.15, 0.2) is 0 Å². The van der Waals surface area contributed by atoms with Crippen LogP contribution in [0.25, 0.3) is 0 Å². The summed E-state index contributed by atoms with van der Waals surface area (Å²) in [5.41, 5.74) is 3.59. The molecule has 2 aliphatic heterocycles. The van der Waals surface area contributed by atoms with Gasteiger partial charge in [-0.15, -0.1) is 0 Å². The van der Waals surface area contributed by atoms with E-state index in [0.29, 0.717) is 6.04 Å². The van der Waals surface area contributed by atoms with Crippen LogP contribution >= 0.6 is 0 Å². The lowest BCUT2D eigenvalue weighted by atomic mass is 10.0. The molecule has 0 radical (unpaired) electrons. The van der Waals surface area contributed by atoms with Crippen LogP contribution in [0.4, 0.5) is 0 Å². The molecule has 0 bridgehead atoms. The third kappa shape index (κ3) is 2.04. The summed E-state index contributed by atoms with van der Waals surface area (Å²) in [7, 11) is 1.98. The lowest BCUT2D eigenvalue weighted by Crippen LogP contribution is -2.38. The Balaban J connectivity index is 1.91. The maximum absolute atomic E-state index is 12.0. The summed E-state index contributed by atoms with van der Waals surface area (Å²) in [6.45, 7) is 7.13. The summed E-state index contributed by atoms with van der Waals surface area (Å²) in [4.78, 5) is 14.4. The quantitative estimate of drug-likeness (QED) is 0.774. The Morgan fingerprint density at radius 3 is 2.60 bits per heavy atom. The van der Waals surface area contributed by atoms with Crippen molar-refractivity contribution in [3.63, 3.8) is 0 Å². The van der Waals surface area contributed by atoms with Crippen molar-refractivity contribution in [2.75, 3.05) is 6.54 Å². The molecule has 0 saturated carbocycles. The fourth-order valence-corrected chi connectivity index (χ4v) is 3.75. The second kappa shape index (κ2) is 4.88. The SMILES string of the molecule is Cc1nn(C)c(C)c1[C@@H]1CCCN1[C@H]1C[C@H](C)OC1=O. The Bertz CT molecular complexity index is 537.